The molecule has 0 aliphatic carbocycles. The van der Waals surface area contributed by atoms with Gasteiger partial charge in [-0.15, -0.1) is 0 Å². The van der Waals surface area contributed by atoms with Crippen molar-refractivity contribution in [3.05, 3.63) is 60.4 Å². The van der Waals surface area contributed by atoms with Gasteiger partial charge in [0, 0.05) is 0 Å². The first-order chi connectivity index (χ1) is 6.84. The maximum atomic E-state index is 12.6. The Morgan fingerprint density at radius 3 is 1.93 bits per heavy atom. The SMILES string of the molecule is Fc1ccc([Se]c2ccccc2)cc1. The summed E-state index contributed by atoms with van der Waals surface area (Å²) in [4.78, 5) is 0. The standard InChI is InChI=1S/C12H9FSe/c13-10-6-8-12(9-7-10)14-11-4-2-1-3-5-11/h1-9H. The third-order valence-corrected chi connectivity index (χ3v) is 3.92. The normalized spacial score (nSPS) is 10.1. The van der Waals surface area contributed by atoms with Gasteiger partial charge in [-0.25, -0.2) is 0 Å². The van der Waals surface area contributed by atoms with Gasteiger partial charge < -0.3 is 0 Å². The van der Waals surface area contributed by atoms with Crippen LogP contribution >= 0.6 is 0 Å². The maximum absolute atomic E-state index is 12.6. The Morgan fingerprint density at radius 2 is 1.29 bits per heavy atom. The molecule has 2 heteroatoms. The van der Waals surface area contributed by atoms with E-state index in [1.54, 1.807) is 0 Å². The van der Waals surface area contributed by atoms with Crippen molar-refractivity contribution in [3.8, 4) is 0 Å². The van der Waals surface area contributed by atoms with Crippen LogP contribution in [0.3, 0.4) is 0 Å². The van der Waals surface area contributed by atoms with Gasteiger partial charge in [-0.1, -0.05) is 0 Å². The molecule has 2 aromatic carbocycles. The molecule has 0 spiro atoms. The number of hydrogen-bond donors (Lipinski definition) is 0. The molecule has 2 rings (SSSR count). The summed E-state index contributed by atoms with van der Waals surface area (Å²) in [5.74, 6) is -0.169. The zero-order chi connectivity index (χ0) is 9.80. The van der Waals surface area contributed by atoms with Gasteiger partial charge in [0.2, 0.25) is 0 Å². The van der Waals surface area contributed by atoms with Gasteiger partial charge in [0.15, 0.2) is 0 Å². The minimum absolute atomic E-state index is 0.169. The summed E-state index contributed by atoms with van der Waals surface area (Å²) < 4.78 is 15.1. The summed E-state index contributed by atoms with van der Waals surface area (Å²) in [6.07, 6.45) is 0. The van der Waals surface area contributed by atoms with Crippen molar-refractivity contribution in [2.45, 2.75) is 0 Å². The van der Waals surface area contributed by atoms with E-state index in [9.17, 15) is 4.39 Å². The molecule has 0 radical (unpaired) electrons. The van der Waals surface area contributed by atoms with Gasteiger partial charge in [0.05, 0.1) is 0 Å². The Kier molecular flexibility index (Phi) is 2.97. The van der Waals surface area contributed by atoms with E-state index >= 15 is 0 Å². The van der Waals surface area contributed by atoms with Crippen molar-refractivity contribution in [1.82, 2.24) is 0 Å². The molecule has 0 heterocycles. The van der Waals surface area contributed by atoms with E-state index < -0.39 is 0 Å². The quantitative estimate of drug-likeness (QED) is 0.709. The van der Waals surface area contributed by atoms with Gasteiger partial charge in [0.25, 0.3) is 0 Å². The van der Waals surface area contributed by atoms with Crippen LogP contribution in [-0.4, -0.2) is 15.0 Å². The summed E-state index contributed by atoms with van der Waals surface area (Å²) in [5, 5.41) is 0. The second-order valence-corrected chi connectivity index (χ2v) is 5.28. The van der Waals surface area contributed by atoms with E-state index in [-0.39, 0.29) is 20.8 Å². The second-order valence-electron chi connectivity index (χ2n) is 2.87. The first-order valence-electron chi connectivity index (χ1n) is 4.33. The van der Waals surface area contributed by atoms with E-state index in [2.05, 4.69) is 12.1 Å². The van der Waals surface area contributed by atoms with Gasteiger partial charge in [-0.2, -0.15) is 0 Å². The van der Waals surface area contributed by atoms with E-state index in [0.717, 1.165) is 0 Å². The van der Waals surface area contributed by atoms with Gasteiger partial charge in [0.1, 0.15) is 0 Å². The fourth-order valence-electron chi connectivity index (χ4n) is 1.13. The molecule has 0 saturated heterocycles. The Hall–Kier alpha value is -1.11. The summed E-state index contributed by atoms with van der Waals surface area (Å²) in [7, 11) is 0. The van der Waals surface area contributed by atoms with Crippen molar-refractivity contribution >= 4 is 23.9 Å². The predicted molar refractivity (Wildman–Crippen MR) is 57.9 cm³/mol. The van der Waals surface area contributed by atoms with Crippen LogP contribution in [0.5, 0.6) is 0 Å². The number of halogens is 1. The molecule has 0 aliphatic heterocycles. The van der Waals surface area contributed by atoms with Crippen LogP contribution in [-0.2, 0) is 0 Å². The molecular weight excluding hydrogens is 242 g/mol. The summed E-state index contributed by atoms with van der Waals surface area (Å²) >= 11 is 0.287. The monoisotopic (exact) mass is 252 g/mol. The molecule has 0 saturated carbocycles. The van der Waals surface area contributed by atoms with Crippen molar-refractivity contribution in [2.24, 2.45) is 0 Å². The molecule has 0 amide bonds. The first kappa shape index (κ1) is 9.44. The van der Waals surface area contributed by atoms with Crippen LogP contribution in [0.15, 0.2) is 54.6 Å². The van der Waals surface area contributed by atoms with Crippen LogP contribution in [0, 0.1) is 5.82 Å². The topological polar surface area (TPSA) is 0 Å². The Morgan fingerprint density at radius 1 is 0.714 bits per heavy atom. The first-order valence-corrected chi connectivity index (χ1v) is 6.04. The molecule has 0 unspecified atom stereocenters. The summed E-state index contributed by atoms with van der Waals surface area (Å²) in [5.41, 5.74) is 0. The van der Waals surface area contributed by atoms with Crippen molar-refractivity contribution in [1.29, 1.82) is 0 Å². The number of rotatable bonds is 2. The molecule has 14 heavy (non-hydrogen) atoms. The molecular formula is C12H9FSe. The van der Waals surface area contributed by atoms with E-state index in [1.807, 2.05) is 30.3 Å². The van der Waals surface area contributed by atoms with Crippen LogP contribution in [0.4, 0.5) is 4.39 Å². The third-order valence-electron chi connectivity index (χ3n) is 1.79. The summed E-state index contributed by atoms with van der Waals surface area (Å²) in [6, 6.07) is 17.0. The Labute approximate surface area is 88.9 Å². The minimum atomic E-state index is -0.169. The predicted octanol–water partition coefficient (Wildman–Crippen LogP) is 1.48. The van der Waals surface area contributed by atoms with Crippen LogP contribution in [0.25, 0.3) is 0 Å². The second kappa shape index (κ2) is 4.41. The zero-order valence-electron chi connectivity index (χ0n) is 7.48. The van der Waals surface area contributed by atoms with Crippen molar-refractivity contribution < 1.29 is 4.39 Å². The zero-order valence-corrected chi connectivity index (χ0v) is 9.20. The molecule has 0 nitrogen and oxygen atoms in total. The fraction of sp³-hybridized carbons (Fsp3) is 0. The average molecular weight is 251 g/mol. The van der Waals surface area contributed by atoms with Crippen LogP contribution < -0.4 is 8.92 Å². The Bertz CT molecular complexity index is 394. The van der Waals surface area contributed by atoms with Crippen molar-refractivity contribution in [2.75, 3.05) is 0 Å². The molecule has 0 bridgehead atoms. The number of hydrogen-bond acceptors (Lipinski definition) is 0. The number of benzene rings is 2. The molecule has 0 fully saturated rings. The van der Waals surface area contributed by atoms with Crippen LogP contribution in [0.2, 0.25) is 0 Å². The van der Waals surface area contributed by atoms with Gasteiger partial charge in [-0.3, -0.25) is 0 Å². The van der Waals surface area contributed by atoms with Gasteiger partial charge >= 0.3 is 88.7 Å². The van der Waals surface area contributed by atoms with Crippen LogP contribution in [0.1, 0.15) is 0 Å². The van der Waals surface area contributed by atoms with Crippen molar-refractivity contribution in [3.63, 3.8) is 0 Å². The van der Waals surface area contributed by atoms with E-state index in [4.69, 9.17) is 0 Å². The third kappa shape index (κ3) is 2.44. The molecule has 2 aromatic rings. The fourth-order valence-corrected chi connectivity index (χ4v) is 2.88. The average Bonchev–Trinajstić information content (AvgIpc) is 2.23. The van der Waals surface area contributed by atoms with Gasteiger partial charge in [-0.05, 0) is 0 Å². The Balaban J connectivity index is 2.16. The molecule has 0 aliphatic rings. The molecule has 0 N–H and O–H groups in total. The molecule has 70 valence electrons. The molecule has 0 aromatic heterocycles. The summed E-state index contributed by atoms with van der Waals surface area (Å²) in [6.45, 7) is 0. The van der Waals surface area contributed by atoms with E-state index in [1.165, 1.54) is 21.1 Å². The molecule has 0 atom stereocenters. The van der Waals surface area contributed by atoms with E-state index in [0.29, 0.717) is 0 Å².